The molecular weight excluding hydrogens is 430 g/mol. The summed E-state index contributed by atoms with van der Waals surface area (Å²) in [6.45, 7) is 6.57. The van der Waals surface area contributed by atoms with Crippen molar-refractivity contribution in [2.24, 2.45) is 0 Å². The highest BCUT2D eigenvalue weighted by molar-refractivity contribution is 8.08. The highest BCUT2D eigenvalue weighted by atomic mass is 32.2. The minimum absolute atomic E-state index is 0.0293. The lowest BCUT2D eigenvalue weighted by molar-refractivity contribution is 0.0526. The predicted molar refractivity (Wildman–Crippen MR) is 135 cm³/mol. The van der Waals surface area contributed by atoms with E-state index in [9.17, 15) is 9.59 Å². The lowest BCUT2D eigenvalue weighted by Crippen LogP contribution is -2.21. The van der Waals surface area contributed by atoms with E-state index in [0.717, 1.165) is 17.7 Å². The van der Waals surface area contributed by atoms with Crippen LogP contribution in [-0.2, 0) is 10.2 Å². The number of carbonyl (C=O) groups excluding carboxylic acids is 2. The maximum atomic E-state index is 12.8. The first-order valence-corrected chi connectivity index (χ1v) is 11.9. The third-order valence-electron chi connectivity index (χ3n) is 5.70. The van der Waals surface area contributed by atoms with Crippen LogP contribution in [0.3, 0.4) is 0 Å². The molecule has 0 heterocycles. The number of allylic oxidation sites excluding steroid dienone is 1. The van der Waals surface area contributed by atoms with Crippen molar-refractivity contribution < 1.29 is 14.3 Å². The van der Waals surface area contributed by atoms with Gasteiger partial charge in [0.05, 0.1) is 12.2 Å². The lowest BCUT2D eigenvalue weighted by atomic mass is 9.76. The fraction of sp³-hybridized carbons (Fsp3) is 0.214. The van der Waals surface area contributed by atoms with Crippen LogP contribution in [0.1, 0.15) is 59.0 Å². The normalized spacial score (nSPS) is 14.1. The van der Waals surface area contributed by atoms with Gasteiger partial charge in [0, 0.05) is 21.1 Å². The van der Waals surface area contributed by atoms with Gasteiger partial charge in [-0.25, -0.2) is 4.79 Å². The van der Waals surface area contributed by atoms with E-state index in [0.29, 0.717) is 17.7 Å². The molecule has 33 heavy (non-hydrogen) atoms. The van der Waals surface area contributed by atoms with Gasteiger partial charge in [0.15, 0.2) is 0 Å². The standard InChI is InChI=1S/C28H27NO3S/c1-4-32-27(31)20-12-10-19(11-13-20)26(30)29-21-14-15-24-23(18-21)25(16-17-28(24,2)3)33-22-8-6-5-7-9-22/h5-16,18H,4,17H2,1-3H3,(H,29,30). The zero-order chi connectivity index (χ0) is 23.4. The van der Waals surface area contributed by atoms with Crippen LogP contribution >= 0.6 is 11.8 Å². The number of anilines is 1. The third kappa shape index (κ3) is 5.20. The molecule has 3 aromatic carbocycles. The number of amides is 1. The molecular formula is C28H27NO3S. The molecule has 1 aliphatic rings. The highest BCUT2D eigenvalue weighted by Crippen LogP contribution is 2.46. The summed E-state index contributed by atoms with van der Waals surface area (Å²) in [4.78, 5) is 27.1. The summed E-state index contributed by atoms with van der Waals surface area (Å²) >= 11 is 1.74. The Morgan fingerprint density at radius 2 is 1.67 bits per heavy atom. The van der Waals surface area contributed by atoms with Crippen molar-refractivity contribution in [1.29, 1.82) is 0 Å². The van der Waals surface area contributed by atoms with Crippen molar-refractivity contribution in [1.82, 2.24) is 0 Å². The third-order valence-corrected chi connectivity index (χ3v) is 6.81. The molecule has 3 aromatic rings. The van der Waals surface area contributed by atoms with E-state index in [1.54, 1.807) is 43.0 Å². The number of esters is 1. The van der Waals surface area contributed by atoms with Gasteiger partial charge in [0.25, 0.3) is 5.91 Å². The fourth-order valence-corrected chi connectivity index (χ4v) is 4.86. The average Bonchev–Trinajstić information content (AvgIpc) is 2.82. The maximum Gasteiger partial charge on any atom is 0.338 e. The van der Waals surface area contributed by atoms with E-state index in [2.05, 4.69) is 49.5 Å². The highest BCUT2D eigenvalue weighted by Gasteiger charge is 2.28. The molecule has 0 aromatic heterocycles. The molecule has 0 bridgehead atoms. The van der Waals surface area contributed by atoms with E-state index in [1.165, 1.54) is 15.4 Å². The molecule has 0 saturated heterocycles. The predicted octanol–water partition coefficient (Wildman–Crippen LogP) is 6.93. The van der Waals surface area contributed by atoms with Gasteiger partial charge in [-0.05, 0) is 78.4 Å². The Hall–Kier alpha value is -3.31. The first kappa shape index (κ1) is 22.9. The summed E-state index contributed by atoms with van der Waals surface area (Å²) in [5.41, 5.74) is 4.11. The van der Waals surface area contributed by atoms with Gasteiger partial charge in [-0.3, -0.25) is 4.79 Å². The number of ether oxygens (including phenoxy) is 1. The number of fused-ring (bicyclic) bond motifs is 1. The number of thioether (sulfide) groups is 1. The van der Waals surface area contributed by atoms with Crippen molar-refractivity contribution in [3.8, 4) is 0 Å². The molecule has 4 rings (SSSR count). The molecule has 5 heteroatoms. The Morgan fingerprint density at radius 3 is 2.36 bits per heavy atom. The topological polar surface area (TPSA) is 55.4 Å². The molecule has 1 aliphatic carbocycles. The van der Waals surface area contributed by atoms with Crippen LogP contribution < -0.4 is 5.32 Å². The second-order valence-corrected chi connectivity index (χ2v) is 9.70. The number of hydrogen-bond donors (Lipinski definition) is 1. The van der Waals surface area contributed by atoms with Crippen molar-refractivity contribution in [3.63, 3.8) is 0 Å². The van der Waals surface area contributed by atoms with E-state index in [-0.39, 0.29) is 11.3 Å². The van der Waals surface area contributed by atoms with E-state index < -0.39 is 5.97 Å². The second kappa shape index (κ2) is 9.67. The summed E-state index contributed by atoms with van der Waals surface area (Å²) in [6.07, 6.45) is 3.26. The van der Waals surface area contributed by atoms with E-state index >= 15 is 0 Å². The molecule has 0 unspecified atom stereocenters. The molecule has 0 radical (unpaired) electrons. The number of hydrogen-bond acceptors (Lipinski definition) is 4. The van der Waals surface area contributed by atoms with Crippen LogP contribution in [-0.4, -0.2) is 18.5 Å². The monoisotopic (exact) mass is 457 g/mol. The minimum Gasteiger partial charge on any atom is -0.462 e. The summed E-state index contributed by atoms with van der Waals surface area (Å²) in [5.74, 6) is -0.612. The molecule has 168 valence electrons. The zero-order valence-electron chi connectivity index (χ0n) is 19.1. The Balaban J connectivity index is 1.56. The van der Waals surface area contributed by atoms with Gasteiger partial charge in [-0.15, -0.1) is 0 Å². The van der Waals surface area contributed by atoms with Gasteiger partial charge in [0.2, 0.25) is 0 Å². The lowest BCUT2D eigenvalue weighted by Gasteiger charge is -2.32. The van der Waals surface area contributed by atoms with Gasteiger partial charge < -0.3 is 10.1 Å². The van der Waals surface area contributed by atoms with Crippen molar-refractivity contribution >= 4 is 34.2 Å². The van der Waals surface area contributed by atoms with Crippen LogP contribution in [0.5, 0.6) is 0 Å². The molecule has 4 nitrogen and oxygen atoms in total. The van der Waals surface area contributed by atoms with Crippen LogP contribution in [0.25, 0.3) is 4.91 Å². The number of rotatable bonds is 6. The number of nitrogens with one attached hydrogen (secondary N) is 1. The Bertz CT molecular complexity index is 1200. The molecule has 0 aliphatic heterocycles. The summed E-state index contributed by atoms with van der Waals surface area (Å²) in [5, 5.41) is 3.00. The molecule has 0 atom stereocenters. The Kier molecular flexibility index (Phi) is 6.70. The fourth-order valence-electron chi connectivity index (χ4n) is 3.87. The largest absolute Gasteiger partial charge is 0.462 e. The molecule has 0 fully saturated rings. The quantitative estimate of drug-likeness (QED) is 0.408. The van der Waals surface area contributed by atoms with Gasteiger partial charge in [-0.2, -0.15) is 0 Å². The van der Waals surface area contributed by atoms with Gasteiger partial charge >= 0.3 is 5.97 Å². The Labute approximate surface area is 199 Å². The molecule has 0 saturated carbocycles. The number of carbonyl (C=O) groups is 2. The maximum absolute atomic E-state index is 12.8. The molecule has 1 amide bonds. The van der Waals surface area contributed by atoms with Crippen molar-refractivity contribution in [2.75, 3.05) is 11.9 Å². The average molecular weight is 458 g/mol. The minimum atomic E-state index is -0.392. The van der Waals surface area contributed by atoms with Gasteiger partial charge in [0.1, 0.15) is 0 Å². The van der Waals surface area contributed by atoms with Crippen LogP contribution in [0.2, 0.25) is 0 Å². The van der Waals surface area contributed by atoms with Gasteiger partial charge in [-0.1, -0.05) is 56.0 Å². The summed E-state index contributed by atoms with van der Waals surface area (Å²) in [6, 6.07) is 23.0. The Morgan fingerprint density at radius 1 is 0.970 bits per heavy atom. The smallest absolute Gasteiger partial charge is 0.338 e. The first-order valence-electron chi connectivity index (χ1n) is 11.0. The zero-order valence-corrected chi connectivity index (χ0v) is 19.9. The molecule has 1 N–H and O–H groups in total. The van der Waals surface area contributed by atoms with Crippen molar-refractivity contribution in [2.45, 2.75) is 37.5 Å². The van der Waals surface area contributed by atoms with E-state index in [1.807, 2.05) is 24.3 Å². The second-order valence-electron chi connectivity index (χ2n) is 8.58. The SMILES string of the molecule is CCOC(=O)c1ccc(C(=O)Nc2ccc3c(c2)C(Sc2ccccc2)=CCC3(C)C)cc1. The number of benzene rings is 3. The van der Waals surface area contributed by atoms with Crippen LogP contribution in [0, 0.1) is 0 Å². The summed E-state index contributed by atoms with van der Waals surface area (Å²) < 4.78 is 5.00. The van der Waals surface area contributed by atoms with Crippen LogP contribution in [0.4, 0.5) is 5.69 Å². The first-order chi connectivity index (χ1) is 15.9. The van der Waals surface area contributed by atoms with Crippen molar-refractivity contribution in [3.05, 3.63) is 101 Å². The summed E-state index contributed by atoms with van der Waals surface area (Å²) in [7, 11) is 0. The van der Waals surface area contributed by atoms with E-state index in [4.69, 9.17) is 4.74 Å². The molecule has 0 spiro atoms. The van der Waals surface area contributed by atoms with Crippen LogP contribution in [0.15, 0.2) is 83.8 Å².